The number of hydrogen-bond donors (Lipinski definition) is 1. The molecule has 0 fully saturated rings. The summed E-state index contributed by atoms with van der Waals surface area (Å²) in [6.45, 7) is 1.64. The van der Waals surface area contributed by atoms with Gasteiger partial charge < -0.3 is 19.0 Å². The predicted octanol–water partition coefficient (Wildman–Crippen LogP) is 4.66. The Balaban J connectivity index is 1.52. The molecule has 2 aromatic carbocycles. The zero-order valence-electron chi connectivity index (χ0n) is 17.6. The Morgan fingerprint density at radius 2 is 2.06 bits per heavy atom. The molecule has 0 aliphatic rings. The number of imidazole rings is 1. The number of rotatable bonds is 8. The molecule has 0 aliphatic carbocycles. The Kier molecular flexibility index (Phi) is 5.48. The summed E-state index contributed by atoms with van der Waals surface area (Å²) in [6, 6.07) is 14.2. The molecule has 3 aromatic heterocycles. The molecule has 5 aromatic rings. The first-order valence-electron chi connectivity index (χ1n) is 10.3. The fourth-order valence-electron chi connectivity index (χ4n) is 3.71. The van der Waals surface area contributed by atoms with E-state index < -0.39 is 0 Å². The Labute approximate surface area is 184 Å². The van der Waals surface area contributed by atoms with Crippen molar-refractivity contribution in [3.8, 4) is 28.3 Å². The van der Waals surface area contributed by atoms with Gasteiger partial charge in [0.1, 0.15) is 5.75 Å². The highest BCUT2D eigenvalue weighted by Gasteiger charge is 2.15. The minimum atomic E-state index is 0.434. The highest BCUT2D eigenvalue weighted by atomic mass is 16.5. The molecule has 0 spiro atoms. The molecule has 0 saturated carbocycles. The summed E-state index contributed by atoms with van der Waals surface area (Å²) < 4.78 is 12.9. The maximum absolute atomic E-state index is 5.49. The lowest BCUT2D eigenvalue weighted by Crippen LogP contribution is -2.07. The molecular formula is C24H22N6O2. The molecule has 0 unspecified atom stereocenters. The molecule has 0 bridgehead atoms. The van der Waals surface area contributed by atoms with Gasteiger partial charge in [0.2, 0.25) is 6.39 Å². The quantitative estimate of drug-likeness (QED) is 0.361. The van der Waals surface area contributed by atoms with E-state index in [1.54, 1.807) is 19.5 Å². The number of benzene rings is 2. The average molecular weight is 426 g/mol. The topological polar surface area (TPSA) is 90.9 Å². The van der Waals surface area contributed by atoms with Gasteiger partial charge in [0.15, 0.2) is 0 Å². The number of anilines is 1. The van der Waals surface area contributed by atoms with Crippen molar-refractivity contribution in [1.29, 1.82) is 0 Å². The Hall–Kier alpha value is -4.20. The zero-order chi connectivity index (χ0) is 21.8. The molecule has 160 valence electrons. The van der Waals surface area contributed by atoms with Crippen molar-refractivity contribution in [1.82, 2.24) is 24.7 Å². The molecule has 0 amide bonds. The van der Waals surface area contributed by atoms with Gasteiger partial charge in [-0.1, -0.05) is 18.2 Å². The number of hydrogen-bond acceptors (Lipinski definition) is 7. The number of methoxy groups -OCH3 is 1. The first kappa shape index (κ1) is 19.7. The summed E-state index contributed by atoms with van der Waals surface area (Å²) in [6.07, 6.45) is 9.61. The van der Waals surface area contributed by atoms with E-state index in [-0.39, 0.29) is 0 Å². The van der Waals surface area contributed by atoms with E-state index in [0.717, 1.165) is 58.5 Å². The lowest BCUT2D eigenvalue weighted by atomic mass is 10.0. The summed E-state index contributed by atoms with van der Waals surface area (Å²) in [7, 11) is 1.67. The predicted molar refractivity (Wildman–Crippen MR) is 122 cm³/mol. The van der Waals surface area contributed by atoms with Gasteiger partial charge >= 0.3 is 0 Å². The standard InChI is InChI=1S/C24H22N6O2/c1-31-19-5-2-4-17(12-19)18-6-7-22-20(13-18)23(21(14-27-22)24-29-28-16-32-24)26-8-3-10-30-11-9-25-15-30/h2,4-7,9,11-16H,3,8,10H2,1H3,(H,26,27). The minimum absolute atomic E-state index is 0.434. The molecule has 32 heavy (non-hydrogen) atoms. The van der Waals surface area contributed by atoms with Crippen molar-refractivity contribution in [2.45, 2.75) is 13.0 Å². The van der Waals surface area contributed by atoms with Crippen LogP contribution in [0.1, 0.15) is 6.42 Å². The molecule has 0 radical (unpaired) electrons. The van der Waals surface area contributed by atoms with Crippen LogP contribution >= 0.6 is 0 Å². The molecule has 1 N–H and O–H groups in total. The number of pyridine rings is 1. The van der Waals surface area contributed by atoms with Crippen LogP contribution in [0, 0.1) is 0 Å². The number of aromatic nitrogens is 5. The van der Waals surface area contributed by atoms with Crippen molar-refractivity contribution in [2.75, 3.05) is 19.0 Å². The van der Waals surface area contributed by atoms with E-state index in [4.69, 9.17) is 9.15 Å². The number of nitrogens with one attached hydrogen (secondary N) is 1. The zero-order valence-corrected chi connectivity index (χ0v) is 17.6. The summed E-state index contributed by atoms with van der Waals surface area (Å²) in [5.74, 6) is 1.25. The highest BCUT2D eigenvalue weighted by Crippen LogP contribution is 2.35. The van der Waals surface area contributed by atoms with Gasteiger partial charge in [0.25, 0.3) is 5.89 Å². The lowest BCUT2D eigenvalue weighted by molar-refractivity contribution is 0.415. The van der Waals surface area contributed by atoms with Gasteiger partial charge in [-0.05, 0) is 41.8 Å². The summed E-state index contributed by atoms with van der Waals surface area (Å²) in [5, 5.41) is 12.5. The SMILES string of the molecule is COc1cccc(-c2ccc3ncc(-c4nnco4)c(NCCCn4ccnc4)c3c2)c1. The molecule has 3 heterocycles. The minimum Gasteiger partial charge on any atom is -0.497 e. The van der Waals surface area contributed by atoms with Crippen LogP contribution in [0.15, 0.2) is 78.2 Å². The van der Waals surface area contributed by atoms with E-state index in [1.165, 1.54) is 6.39 Å². The van der Waals surface area contributed by atoms with Crippen molar-refractivity contribution in [2.24, 2.45) is 0 Å². The summed E-state index contributed by atoms with van der Waals surface area (Å²) >= 11 is 0. The van der Waals surface area contributed by atoms with Crippen molar-refractivity contribution < 1.29 is 9.15 Å². The van der Waals surface area contributed by atoms with Gasteiger partial charge in [0.05, 0.1) is 30.2 Å². The molecular weight excluding hydrogens is 404 g/mol. The molecule has 0 saturated heterocycles. The van der Waals surface area contributed by atoms with Crippen molar-refractivity contribution >= 4 is 16.6 Å². The van der Waals surface area contributed by atoms with Gasteiger partial charge in [-0.25, -0.2) is 4.98 Å². The third kappa shape index (κ3) is 4.02. The van der Waals surface area contributed by atoms with Gasteiger partial charge in [-0.15, -0.1) is 10.2 Å². The van der Waals surface area contributed by atoms with Crippen LogP contribution in [-0.4, -0.2) is 38.4 Å². The molecule has 0 aliphatic heterocycles. The molecule has 0 atom stereocenters. The van der Waals surface area contributed by atoms with E-state index in [1.807, 2.05) is 36.8 Å². The molecule has 5 rings (SSSR count). The Morgan fingerprint density at radius 1 is 1.12 bits per heavy atom. The van der Waals surface area contributed by atoms with Crippen molar-refractivity contribution in [3.05, 3.63) is 73.8 Å². The fourth-order valence-corrected chi connectivity index (χ4v) is 3.71. The van der Waals surface area contributed by atoms with Crippen LogP contribution in [0.4, 0.5) is 5.69 Å². The second-order valence-electron chi connectivity index (χ2n) is 7.34. The van der Waals surface area contributed by atoms with Crippen LogP contribution in [0.2, 0.25) is 0 Å². The summed E-state index contributed by atoms with van der Waals surface area (Å²) in [4.78, 5) is 8.73. The first-order chi connectivity index (χ1) is 15.8. The maximum Gasteiger partial charge on any atom is 0.251 e. The van der Waals surface area contributed by atoms with Gasteiger partial charge in [0, 0.05) is 37.1 Å². The van der Waals surface area contributed by atoms with E-state index >= 15 is 0 Å². The fraction of sp³-hybridized carbons (Fsp3) is 0.167. The smallest absolute Gasteiger partial charge is 0.251 e. The monoisotopic (exact) mass is 426 g/mol. The van der Waals surface area contributed by atoms with Crippen LogP contribution in [0.3, 0.4) is 0 Å². The van der Waals surface area contributed by atoms with Crippen LogP contribution in [0.25, 0.3) is 33.5 Å². The number of aryl methyl sites for hydroxylation is 1. The number of fused-ring (bicyclic) bond motifs is 1. The highest BCUT2D eigenvalue weighted by molar-refractivity contribution is 6.00. The summed E-state index contributed by atoms with van der Waals surface area (Å²) in [5.41, 5.74) is 4.73. The molecule has 8 heteroatoms. The Bertz CT molecular complexity index is 1320. The normalized spacial score (nSPS) is 11.0. The Morgan fingerprint density at radius 3 is 2.88 bits per heavy atom. The second-order valence-corrected chi connectivity index (χ2v) is 7.34. The third-order valence-corrected chi connectivity index (χ3v) is 5.32. The molecule has 8 nitrogen and oxygen atoms in total. The number of ether oxygens (including phenoxy) is 1. The van der Waals surface area contributed by atoms with Crippen LogP contribution in [-0.2, 0) is 6.54 Å². The third-order valence-electron chi connectivity index (χ3n) is 5.32. The maximum atomic E-state index is 5.49. The average Bonchev–Trinajstić information content (AvgIpc) is 3.56. The lowest BCUT2D eigenvalue weighted by Gasteiger charge is -2.14. The van der Waals surface area contributed by atoms with Crippen LogP contribution < -0.4 is 10.1 Å². The van der Waals surface area contributed by atoms with E-state index in [2.05, 4.69) is 48.2 Å². The van der Waals surface area contributed by atoms with E-state index in [0.29, 0.717) is 5.89 Å². The van der Waals surface area contributed by atoms with Crippen molar-refractivity contribution in [3.63, 3.8) is 0 Å². The second kappa shape index (κ2) is 8.89. The number of nitrogens with zero attached hydrogens (tertiary/aromatic N) is 5. The first-order valence-corrected chi connectivity index (χ1v) is 10.3. The van der Waals surface area contributed by atoms with Gasteiger partial charge in [-0.2, -0.15) is 0 Å². The largest absolute Gasteiger partial charge is 0.497 e. The van der Waals surface area contributed by atoms with Crippen LogP contribution in [0.5, 0.6) is 5.75 Å². The van der Waals surface area contributed by atoms with E-state index in [9.17, 15) is 0 Å². The van der Waals surface area contributed by atoms with Gasteiger partial charge in [-0.3, -0.25) is 4.98 Å².